The smallest absolute Gasteiger partial charge is 0.241 e. The van der Waals surface area contributed by atoms with Gasteiger partial charge in [-0.05, 0) is 37.6 Å². The lowest BCUT2D eigenvalue weighted by Crippen LogP contribution is -2.23. The minimum Gasteiger partial charge on any atom is -0.241 e. The summed E-state index contributed by atoms with van der Waals surface area (Å²) in [5, 5.41) is 2.77. The minimum absolute atomic E-state index is 0.148. The van der Waals surface area contributed by atoms with Crippen LogP contribution in [0.4, 0.5) is 8.78 Å². The first-order chi connectivity index (χ1) is 11.7. The van der Waals surface area contributed by atoms with Gasteiger partial charge in [0.05, 0.1) is 20.5 Å². The topological polar surface area (TPSA) is 59.1 Å². The van der Waals surface area contributed by atoms with Gasteiger partial charge in [-0.25, -0.2) is 26.9 Å². The fourth-order valence-electron chi connectivity index (χ4n) is 2.30. The molecule has 4 nitrogen and oxygen atoms in total. The molecule has 0 unspecified atom stereocenters. The molecule has 0 bridgehead atoms. The Morgan fingerprint density at radius 2 is 1.80 bits per heavy atom. The third kappa shape index (κ3) is 4.12. The Balaban J connectivity index is 1.83. The molecule has 0 saturated carbocycles. The Hall–Kier alpha value is -1.68. The molecule has 0 spiro atoms. The lowest BCUT2D eigenvalue weighted by atomic mass is 10.2. The summed E-state index contributed by atoms with van der Waals surface area (Å²) in [5.41, 5.74) is 0.952. The highest BCUT2D eigenvalue weighted by Gasteiger charge is 2.21. The highest BCUT2D eigenvalue weighted by atomic mass is 32.2. The fraction of sp³-hybridized carbons (Fsp3) is 0.188. The van der Waals surface area contributed by atoms with Gasteiger partial charge in [0, 0.05) is 22.9 Å². The number of thiazole rings is 1. The van der Waals surface area contributed by atoms with Crippen LogP contribution in [0.5, 0.6) is 0 Å². The molecule has 0 aliphatic heterocycles. The van der Waals surface area contributed by atoms with Crippen molar-refractivity contribution in [1.82, 2.24) is 9.71 Å². The zero-order chi connectivity index (χ0) is 18.2. The van der Waals surface area contributed by atoms with Crippen molar-refractivity contribution in [3.05, 3.63) is 56.7 Å². The molecular weight excluding hydrogens is 386 g/mol. The van der Waals surface area contributed by atoms with Crippen LogP contribution in [0.3, 0.4) is 0 Å². The maximum absolute atomic E-state index is 13.2. The highest BCUT2D eigenvalue weighted by molar-refractivity contribution is 7.89. The Labute approximate surface area is 152 Å². The molecule has 0 atom stereocenters. The predicted molar refractivity (Wildman–Crippen MR) is 95.3 cm³/mol. The second-order valence-corrected chi connectivity index (χ2v) is 9.44. The van der Waals surface area contributed by atoms with E-state index in [4.69, 9.17) is 0 Å². The van der Waals surface area contributed by atoms with E-state index < -0.39 is 21.7 Å². The molecule has 0 radical (unpaired) electrons. The van der Waals surface area contributed by atoms with E-state index in [9.17, 15) is 17.2 Å². The molecule has 3 rings (SSSR count). The number of thiophene rings is 1. The van der Waals surface area contributed by atoms with E-state index >= 15 is 0 Å². The molecule has 2 aromatic heterocycles. The van der Waals surface area contributed by atoms with Crippen molar-refractivity contribution in [3.8, 4) is 10.6 Å². The quantitative estimate of drug-likeness (QED) is 0.697. The molecular formula is C16H14F2N2O2S3. The van der Waals surface area contributed by atoms with Crippen molar-refractivity contribution >= 4 is 32.7 Å². The lowest BCUT2D eigenvalue weighted by molar-refractivity contribution is 0.571. The van der Waals surface area contributed by atoms with Crippen molar-refractivity contribution in [2.75, 3.05) is 0 Å². The summed E-state index contributed by atoms with van der Waals surface area (Å²) in [5.74, 6) is -1.50. The molecule has 1 aromatic carbocycles. The number of aromatic nitrogens is 1. The molecule has 0 aliphatic rings. The van der Waals surface area contributed by atoms with Crippen molar-refractivity contribution in [2.24, 2.45) is 0 Å². The second-order valence-electron chi connectivity index (χ2n) is 5.39. The standard InChI is InChI=1S/C16H14F2N2O2S3/c1-9-16(6-15(24-9)14-8-23-10(2)20-14)25(21,22)19-7-11-3-12(17)5-13(18)4-11/h3-6,8,19H,7H2,1-2H3. The third-order valence-corrected chi connectivity index (χ3v) is 6.93. The predicted octanol–water partition coefficient (Wildman–Crippen LogP) is 4.25. The summed E-state index contributed by atoms with van der Waals surface area (Å²) in [6, 6.07) is 4.50. The monoisotopic (exact) mass is 400 g/mol. The van der Waals surface area contributed by atoms with Gasteiger partial charge >= 0.3 is 0 Å². The van der Waals surface area contributed by atoms with Crippen molar-refractivity contribution in [1.29, 1.82) is 0 Å². The van der Waals surface area contributed by atoms with Gasteiger partial charge in [0.25, 0.3) is 0 Å². The average Bonchev–Trinajstić information content (AvgIpc) is 3.11. The summed E-state index contributed by atoms with van der Waals surface area (Å²) < 4.78 is 53.9. The normalized spacial score (nSPS) is 11.8. The maximum Gasteiger partial charge on any atom is 0.241 e. The highest BCUT2D eigenvalue weighted by Crippen LogP contribution is 2.34. The van der Waals surface area contributed by atoms with Crippen LogP contribution in [0.1, 0.15) is 15.4 Å². The van der Waals surface area contributed by atoms with E-state index in [2.05, 4.69) is 9.71 Å². The van der Waals surface area contributed by atoms with Crippen LogP contribution in [0.25, 0.3) is 10.6 Å². The summed E-state index contributed by atoms with van der Waals surface area (Å²) >= 11 is 2.83. The zero-order valence-electron chi connectivity index (χ0n) is 13.3. The first kappa shape index (κ1) is 18.1. The van der Waals surface area contributed by atoms with Gasteiger partial charge in [-0.2, -0.15) is 0 Å². The van der Waals surface area contributed by atoms with Crippen LogP contribution in [0.2, 0.25) is 0 Å². The number of aryl methyl sites for hydroxylation is 2. The van der Waals surface area contributed by atoms with E-state index in [0.717, 1.165) is 33.8 Å². The Kier molecular flexibility index (Phi) is 5.01. The van der Waals surface area contributed by atoms with Gasteiger partial charge in [-0.3, -0.25) is 0 Å². The van der Waals surface area contributed by atoms with Crippen LogP contribution < -0.4 is 4.72 Å². The lowest BCUT2D eigenvalue weighted by Gasteiger charge is -2.06. The van der Waals surface area contributed by atoms with E-state index in [0.29, 0.717) is 4.88 Å². The van der Waals surface area contributed by atoms with Crippen LogP contribution in [-0.2, 0) is 16.6 Å². The number of nitrogens with one attached hydrogen (secondary N) is 1. The van der Waals surface area contributed by atoms with Crippen LogP contribution in [-0.4, -0.2) is 13.4 Å². The summed E-state index contributed by atoms with van der Waals surface area (Å²) in [6.07, 6.45) is 0. The van der Waals surface area contributed by atoms with Crippen molar-refractivity contribution < 1.29 is 17.2 Å². The van der Waals surface area contributed by atoms with Gasteiger partial charge in [0.15, 0.2) is 0 Å². The van der Waals surface area contributed by atoms with E-state index in [-0.39, 0.29) is 17.0 Å². The largest absolute Gasteiger partial charge is 0.241 e. The van der Waals surface area contributed by atoms with E-state index in [1.54, 1.807) is 13.0 Å². The molecule has 2 heterocycles. The van der Waals surface area contributed by atoms with Gasteiger partial charge in [-0.1, -0.05) is 0 Å². The van der Waals surface area contributed by atoms with Crippen molar-refractivity contribution in [3.63, 3.8) is 0 Å². The van der Waals surface area contributed by atoms with Crippen LogP contribution in [0, 0.1) is 25.5 Å². The Morgan fingerprint density at radius 1 is 1.12 bits per heavy atom. The molecule has 3 aromatic rings. The SMILES string of the molecule is Cc1nc(-c2cc(S(=O)(=O)NCc3cc(F)cc(F)c3)c(C)s2)cs1. The molecule has 0 fully saturated rings. The molecule has 25 heavy (non-hydrogen) atoms. The molecule has 0 amide bonds. The number of hydrogen-bond acceptors (Lipinski definition) is 5. The third-order valence-electron chi connectivity index (χ3n) is 3.42. The molecule has 132 valence electrons. The Morgan fingerprint density at radius 3 is 2.40 bits per heavy atom. The molecule has 0 saturated heterocycles. The number of sulfonamides is 1. The summed E-state index contributed by atoms with van der Waals surface area (Å²) in [7, 11) is -3.80. The first-order valence-electron chi connectivity index (χ1n) is 7.22. The van der Waals surface area contributed by atoms with Gasteiger partial charge < -0.3 is 0 Å². The number of rotatable bonds is 5. The zero-order valence-corrected chi connectivity index (χ0v) is 15.8. The Bertz CT molecular complexity index is 1010. The maximum atomic E-state index is 13.2. The summed E-state index contributed by atoms with van der Waals surface area (Å²) in [6.45, 7) is 3.40. The number of halogens is 2. The summed E-state index contributed by atoms with van der Waals surface area (Å²) in [4.78, 5) is 5.90. The van der Waals surface area contributed by atoms with Gasteiger partial charge in [-0.15, -0.1) is 22.7 Å². The molecule has 0 aliphatic carbocycles. The fourth-order valence-corrected chi connectivity index (χ4v) is 5.56. The average molecular weight is 400 g/mol. The van der Waals surface area contributed by atoms with E-state index in [1.165, 1.54) is 22.7 Å². The minimum atomic E-state index is -3.80. The second kappa shape index (κ2) is 6.91. The van der Waals surface area contributed by atoms with E-state index in [1.807, 2.05) is 12.3 Å². The van der Waals surface area contributed by atoms with Crippen molar-refractivity contribution in [2.45, 2.75) is 25.3 Å². The number of hydrogen-bond donors (Lipinski definition) is 1. The van der Waals surface area contributed by atoms with Gasteiger partial charge in [0.1, 0.15) is 11.6 Å². The van der Waals surface area contributed by atoms with Crippen LogP contribution >= 0.6 is 22.7 Å². The van der Waals surface area contributed by atoms with Gasteiger partial charge in [0.2, 0.25) is 10.0 Å². The first-order valence-corrected chi connectivity index (χ1v) is 10.4. The molecule has 9 heteroatoms. The molecule has 1 N–H and O–H groups in total. The number of benzene rings is 1. The van der Waals surface area contributed by atoms with Crippen LogP contribution in [0.15, 0.2) is 34.5 Å². The number of nitrogens with zero attached hydrogens (tertiary/aromatic N) is 1.